The summed E-state index contributed by atoms with van der Waals surface area (Å²) < 4.78 is 11.5. The molecule has 0 fully saturated rings. The van der Waals surface area contributed by atoms with Crippen LogP contribution < -0.4 is 0 Å². The molecule has 0 aromatic carbocycles. The minimum atomic E-state index is -1.27. The summed E-state index contributed by atoms with van der Waals surface area (Å²) in [6.07, 6.45) is 4.38. The summed E-state index contributed by atoms with van der Waals surface area (Å²) in [6, 6.07) is 0. The van der Waals surface area contributed by atoms with Crippen molar-refractivity contribution in [3.8, 4) is 12.3 Å². The molecule has 0 saturated heterocycles. The third kappa shape index (κ3) is 1.54. The van der Waals surface area contributed by atoms with Gasteiger partial charge in [0.05, 0.1) is 0 Å². The molecule has 0 bridgehead atoms. The van der Waals surface area contributed by atoms with Crippen molar-refractivity contribution in [2.24, 2.45) is 0 Å². The average molecular weight is 84.1 g/mol. The van der Waals surface area contributed by atoms with Gasteiger partial charge in [-0.2, -0.15) is 0 Å². The highest BCUT2D eigenvalue weighted by atomic mass is 19.1. The van der Waals surface area contributed by atoms with Gasteiger partial charge in [0.25, 0.3) is 0 Å². The summed E-state index contributed by atoms with van der Waals surface area (Å²) in [5.74, 6) is 1.83. The van der Waals surface area contributed by atoms with Crippen molar-refractivity contribution in [1.29, 1.82) is 0 Å². The SMILES string of the molecule is C#CC(F)C=C. The lowest BCUT2D eigenvalue weighted by Gasteiger charge is -1.80. The molecule has 0 aliphatic rings. The first kappa shape index (κ1) is 5.23. The van der Waals surface area contributed by atoms with Crippen LogP contribution in [0.4, 0.5) is 4.39 Å². The van der Waals surface area contributed by atoms with Crippen molar-refractivity contribution in [3.63, 3.8) is 0 Å². The maximum atomic E-state index is 11.5. The summed E-state index contributed by atoms with van der Waals surface area (Å²) in [6.45, 7) is 3.11. The normalized spacial score (nSPS) is 12.0. The zero-order valence-corrected chi connectivity index (χ0v) is 3.32. The fraction of sp³-hybridized carbons (Fsp3) is 0.200. The molecule has 6 heavy (non-hydrogen) atoms. The Morgan fingerprint density at radius 1 is 2.00 bits per heavy atom. The maximum absolute atomic E-state index is 11.5. The standard InChI is InChI=1S/C5H5F/c1-3-5(6)4-2/h1,4-5H,2H2. The van der Waals surface area contributed by atoms with E-state index in [1.807, 2.05) is 5.92 Å². The summed E-state index contributed by atoms with van der Waals surface area (Å²) in [5.41, 5.74) is 0. The number of rotatable bonds is 1. The Labute approximate surface area is 36.7 Å². The molecular weight excluding hydrogens is 79.1 g/mol. The van der Waals surface area contributed by atoms with E-state index in [0.717, 1.165) is 6.08 Å². The van der Waals surface area contributed by atoms with Gasteiger partial charge < -0.3 is 0 Å². The van der Waals surface area contributed by atoms with Gasteiger partial charge in [-0.25, -0.2) is 4.39 Å². The smallest absolute Gasteiger partial charge is 0.178 e. The lowest BCUT2D eigenvalue weighted by atomic mass is 10.4. The van der Waals surface area contributed by atoms with Crippen LogP contribution in [0.5, 0.6) is 0 Å². The van der Waals surface area contributed by atoms with Gasteiger partial charge >= 0.3 is 0 Å². The van der Waals surface area contributed by atoms with Gasteiger partial charge in [-0.3, -0.25) is 0 Å². The lowest BCUT2D eigenvalue weighted by molar-refractivity contribution is 0.483. The van der Waals surface area contributed by atoms with Crippen molar-refractivity contribution in [2.75, 3.05) is 0 Å². The first-order chi connectivity index (χ1) is 2.81. The molecule has 0 aliphatic heterocycles. The fourth-order valence-corrected chi connectivity index (χ4v) is 0.0680. The first-order valence-corrected chi connectivity index (χ1v) is 1.54. The monoisotopic (exact) mass is 84.0 g/mol. The first-order valence-electron chi connectivity index (χ1n) is 1.54. The summed E-state index contributed by atoms with van der Waals surface area (Å²) in [7, 11) is 0. The van der Waals surface area contributed by atoms with Crippen LogP contribution in [0, 0.1) is 12.3 Å². The topological polar surface area (TPSA) is 0 Å². The number of terminal acetylenes is 1. The molecule has 1 atom stereocenters. The quantitative estimate of drug-likeness (QED) is 0.330. The molecule has 0 nitrogen and oxygen atoms in total. The highest BCUT2D eigenvalue weighted by Gasteiger charge is 1.85. The van der Waals surface area contributed by atoms with E-state index in [0.29, 0.717) is 0 Å². The fourth-order valence-electron chi connectivity index (χ4n) is 0.0680. The van der Waals surface area contributed by atoms with E-state index in [1.54, 1.807) is 0 Å². The Morgan fingerprint density at radius 3 is 2.50 bits per heavy atom. The Balaban J connectivity index is 3.30. The van der Waals surface area contributed by atoms with Crippen LogP contribution in [0.25, 0.3) is 0 Å². The molecule has 1 unspecified atom stereocenters. The molecule has 0 saturated carbocycles. The highest BCUT2D eigenvalue weighted by molar-refractivity contribution is 5.03. The number of hydrogen-bond donors (Lipinski definition) is 0. The van der Waals surface area contributed by atoms with Crippen molar-refractivity contribution < 1.29 is 4.39 Å². The predicted molar refractivity (Wildman–Crippen MR) is 23.9 cm³/mol. The molecule has 0 spiro atoms. The molecule has 0 aromatic rings. The van der Waals surface area contributed by atoms with Gasteiger partial charge in [-0.05, 0) is 6.08 Å². The van der Waals surface area contributed by atoms with Gasteiger partial charge in [0, 0.05) is 0 Å². The van der Waals surface area contributed by atoms with Crippen LogP contribution >= 0.6 is 0 Å². The molecule has 0 amide bonds. The van der Waals surface area contributed by atoms with Crippen LogP contribution in [0.15, 0.2) is 12.7 Å². The third-order valence-electron chi connectivity index (χ3n) is 0.366. The van der Waals surface area contributed by atoms with Crippen molar-refractivity contribution in [2.45, 2.75) is 6.17 Å². The molecule has 1 heteroatoms. The van der Waals surface area contributed by atoms with E-state index in [-0.39, 0.29) is 0 Å². The van der Waals surface area contributed by atoms with E-state index in [1.165, 1.54) is 0 Å². The van der Waals surface area contributed by atoms with E-state index >= 15 is 0 Å². The van der Waals surface area contributed by atoms with Crippen molar-refractivity contribution in [1.82, 2.24) is 0 Å². The van der Waals surface area contributed by atoms with Crippen LogP contribution in [-0.4, -0.2) is 6.17 Å². The largest absolute Gasteiger partial charge is 0.229 e. The third-order valence-corrected chi connectivity index (χ3v) is 0.366. The molecule has 0 rings (SSSR count). The Bertz CT molecular complexity index is 78.4. The number of hydrogen-bond acceptors (Lipinski definition) is 0. The summed E-state index contributed by atoms with van der Waals surface area (Å²) >= 11 is 0. The lowest BCUT2D eigenvalue weighted by Crippen LogP contribution is -1.83. The minimum Gasteiger partial charge on any atom is -0.229 e. The number of alkyl halides is 1. The Kier molecular flexibility index (Phi) is 2.15. The van der Waals surface area contributed by atoms with Gasteiger partial charge in [0.1, 0.15) is 0 Å². The number of halogens is 1. The highest BCUT2D eigenvalue weighted by Crippen LogP contribution is 1.84. The van der Waals surface area contributed by atoms with E-state index in [4.69, 9.17) is 0 Å². The molecular formula is C5H5F. The van der Waals surface area contributed by atoms with E-state index in [9.17, 15) is 4.39 Å². The van der Waals surface area contributed by atoms with Gasteiger partial charge in [0.15, 0.2) is 6.17 Å². The minimum absolute atomic E-state index is 1.07. The van der Waals surface area contributed by atoms with Gasteiger partial charge in [0.2, 0.25) is 0 Å². The van der Waals surface area contributed by atoms with Crippen LogP contribution in [0.2, 0.25) is 0 Å². The molecule has 0 radical (unpaired) electrons. The molecule has 0 heterocycles. The Morgan fingerprint density at radius 2 is 2.50 bits per heavy atom. The average Bonchev–Trinajstić information content (AvgIpc) is 1.65. The van der Waals surface area contributed by atoms with E-state index in [2.05, 4.69) is 13.0 Å². The van der Waals surface area contributed by atoms with E-state index < -0.39 is 6.17 Å². The Hall–Kier alpha value is -0.770. The zero-order chi connectivity index (χ0) is 4.99. The van der Waals surface area contributed by atoms with Crippen molar-refractivity contribution >= 4 is 0 Å². The van der Waals surface area contributed by atoms with Gasteiger partial charge in [-0.1, -0.05) is 12.5 Å². The second-order valence-electron chi connectivity index (χ2n) is 0.804. The second kappa shape index (κ2) is 2.47. The van der Waals surface area contributed by atoms with Crippen LogP contribution in [0.3, 0.4) is 0 Å². The molecule has 0 aromatic heterocycles. The molecule has 32 valence electrons. The second-order valence-corrected chi connectivity index (χ2v) is 0.804. The molecule has 0 N–H and O–H groups in total. The maximum Gasteiger partial charge on any atom is 0.178 e. The predicted octanol–water partition coefficient (Wildman–Crippen LogP) is 1.14. The van der Waals surface area contributed by atoms with Crippen LogP contribution in [-0.2, 0) is 0 Å². The van der Waals surface area contributed by atoms with Crippen molar-refractivity contribution in [3.05, 3.63) is 12.7 Å². The summed E-state index contributed by atoms with van der Waals surface area (Å²) in [5, 5.41) is 0. The molecule has 0 aliphatic carbocycles. The number of allylic oxidation sites excluding steroid dienone is 1. The zero-order valence-electron chi connectivity index (χ0n) is 3.32. The summed E-state index contributed by atoms with van der Waals surface area (Å²) in [4.78, 5) is 0. The van der Waals surface area contributed by atoms with Crippen LogP contribution in [0.1, 0.15) is 0 Å². The van der Waals surface area contributed by atoms with Gasteiger partial charge in [-0.15, -0.1) is 6.42 Å².